The van der Waals surface area contributed by atoms with Gasteiger partial charge in [-0.15, -0.1) is 0 Å². The largest absolute Gasteiger partial charge is 0.481 e. The van der Waals surface area contributed by atoms with E-state index in [1.54, 1.807) is 0 Å². The van der Waals surface area contributed by atoms with Gasteiger partial charge in [0.2, 0.25) is 5.91 Å². The van der Waals surface area contributed by atoms with Crippen molar-refractivity contribution in [2.45, 2.75) is 25.7 Å². The summed E-state index contributed by atoms with van der Waals surface area (Å²) in [6.45, 7) is 1.20. The van der Waals surface area contributed by atoms with Crippen LogP contribution in [0, 0.1) is 5.92 Å². The topological polar surface area (TPSA) is 78.4 Å². The molecule has 0 bridgehead atoms. The van der Waals surface area contributed by atoms with E-state index in [9.17, 15) is 9.59 Å². The lowest BCUT2D eigenvalue weighted by Crippen LogP contribution is -2.38. The summed E-state index contributed by atoms with van der Waals surface area (Å²) in [4.78, 5) is 22.4. The molecular formula is C15H20N2O3. The number of carbonyl (C=O) groups is 2. The van der Waals surface area contributed by atoms with E-state index in [-0.39, 0.29) is 18.2 Å². The number of rotatable bonds is 6. The highest BCUT2D eigenvalue weighted by Crippen LogP contribution is 2.24. The second kappa shape index (κ2) is 6.93. The summed E-state index contributed by atoms with van der Waals surface area (Å²) < 4.78 is 0. The van der Waals surface area contributed by atoms with Gasteiger partial charge in [-0.1, -0.05) is 18.2 Å². The fourth-order valence-electron chi connectivity index (χ4n) is 2.38. The van der Waals surface area contributed by atoms with Gasteiger partial charge >= 0.3 is 5.97 Å². The number of hydrogen-bond acceptors (Lipinski definition) is 3. The number of hydrogen-bond donors (Lipinski definition) is 3. The van der Waals surface area contributed by atoms with Crippen molar-refractivity contribution in [2.75, 3.05) is 18.4 Å². The molecule has 1 atom stereocenters. The van der Waals surface area contributed by atoms with Gasteiger partial charge in [0.25, 0.3) is 0 Å². The van der Waals surface area contributed by atoms with Gasteiger partial charge in [-0.3, -0.25) is 9.59 Å². The molecule has 5 nitrogen and oxygen atoms in total. The average Bonchev–Trinajstić information content (AvgIpc) is 2.46. The van der Waals surface area contributed by atoms with Crippen molar-refractivity contribution in [3.8, 4) is 0 Å². The van der Waals surface area contributed by atoms with Gasteiger partial charge in [-0.05, 0) is 30.9 Å². The number of carboxylic acids is 1. The number of fused-ring (bicyclic) bond motifs is 1. The molecule has 1 unspecified atom stereocenters. The predicted octanol–water partition coefficient (Wildman–Crippen LogP) is 1.64. The van der Waals surface area contributed by atoms with Gasteiger partial charge in [0.05, 0.1) is 5.92 Å². The van der Waals surface area contributed by atoms with Gasteiger partial charge in [0.1, 0.15) is 0 Å². The average molecular weight is 276 g/mol. The monoisotopic (exact) mass is 276 g/mol. The Morgan fingerprint density at radius 2 is 2.10 bits per heavy atom. The number of anilines is 1. The Balaban J connectivity index is 1.73. The van der Waals surface area contributed by atoms with Gasteiger partial charge in [-0.2, -0.15) is 0 Å². The van der Waals surface area contributed by atoms with E-state index < -0.39 is 5.97 Å². The van der Waals surface area contributed by atoms with Crippen LogP contribution < -0.4 is 10.6 Å². The van der Waals surface area contributed by atoms with Crippen LogP contribution in [-0.4, -0.2) is 30.1 Å². The van der Waals surface area contributed by atoms with Crippen molar-refractivity contribution >= 4 is 17.6 Å². The predicted molar refractivity (Wildman–Crippen MR) is 76.6 cm³/mol. The second-order valence-electron chi connectivity index (χ2n) is 5.08. The Bertz CT molecular complexity index is 488. The maximum absolute atomic E-state index is 12.0. The van der Waals surface area contributed by atoms with Crippen molar-refractivity contribution in [3.05, 3.63) is 29.8 Å². The third-order valence-electron chi connectivity index (χ3n) is 3.51. The number of aliphatic carboxylic acids is 1. The van der Waals surface area contributed by atoms with Crippen LogP contribution in [0.3, 0.4) is 0 Å². The Morgan fingerprint density at radius 3 is 2.90 bits per heavy atom. The number of para-hydroxylation sites is 1. The van der Waals surface area contributed by atoms with Crippen molar-refractivity contribution in [2.24, 2.45) is 5.92 Å². The van der Waals surface area contributed by atoms with Gasteiger partial charge < -0.3 is 15.7 Å². The molecule has 1 aliphatic heterocycles. The number of carbonyl (C=O) groups excluding carboxylic acids is 1. The number of amides is 1. The van der Waals surface area contributed by atoms with Crippen LogP contribution in [0.4, 0.5) is 5.69 Å². The van der Waals surface area contributed by atoms with E-state index in [2.05, 4.69) is 10.6 Å². The Morgan fingerprint density at radius 1 is 1.30 bits per heavy atom. The van der Waals surface area contributed by atoms with E-state index in [0.29, 0.717) is 25.9 Å². The minimum absolute atomic E-state index is 0.0438. The Hall–Kier alpha value is -2.04. The van der Waals surface area contributed by atoms with Crippen LogP contribution in [0.5, 0.6) is 0 Å². The van der Waals surface area contributed by atoms with E-state index >= 15 is 0 Å². The third kappa shape index (κ3) is 3.98. The molecule has 0 aromatic heterocycles. The summed E-state index contributed by atoms with van der Waals surface area (Å²) in [7, 11) is 0. The molecule has 1 amide bonds. The molecule has 1 aromatic rings. The summed E-state index contributed by atoms with van der Waals surface area (Å²) >= 11 is 0. The van der Waals surface area contributed by atoms with E-state index in [4.69, 9.17) is 5.11 Å². The summed E-state index contributed by atoms with van der Waals surface area (Å²) in [5.41, 5.74) is 2.28. The number of benzene rings is 1. The van der Waals surface area contributed by atoms with Gasteiger partial charge in [0, 0.05) is 25.2 Å². The lowest BCUT2D eigenvalue weighted by atomic mass is 9.93. The van der Waals surface area contributed by atoms with Crippen molar-refractivity contribution < 1.29 is 14.7 Å². The highest BCUT2D eigenvalue weighted by Gasteiger charge is 2.23. The third-order valence-corrected chi connectivity index (χ3v) is 3.51. The zero-order valence-corrected chi connectivity index (χ0v) is 11.4. The van der Waals surface area contributed by atoms with Crippen molar-refractivity contribution in [1.29, 1.82) is 0 Å². The first-order valence-electron chi connectivity index (χ1n) is 6.98. The number of nitrogens with one attached hydrogen (secondary N) is 2. The first kappa shape index (κ1) is 14.4. The van der Waals surface area contributed by atoms with Crippen molar-refractivity contribution in [3.63, 3.8) is 0 Å². The summed E-state index contributed by atoms with van der Waals surface area (Å²) in [6, 6.07) is 8.02. The second-order valence-corrected chi connectivity index (χ2v) is 5.08. The molecule has 2 rings (SSSR count). The summed E-state index contributed by atoms with van der Waals surface area (Å²) in [5, 5.41) is 14.7. The maximum Gasteiger partial charge on any atom is 0.303 e. The summed E-state index contributed by atoms with van der Waals surface area (Å²) in [6.07, 6.45) is 2.22. The molecule has 1 heterocycles. The molecule has 0 saturated carbocycles. The molecule has 0 radical (unpaired) electrons. The Labute approximate surface area is 118 Å². The smallest absolute Gasteiger partial charge is 0.303 e. The molecule has 1 aliphatic rings. The molecular weight excluding hydrogens is 256 g/mol. The van der Waals surface area contributed by atoms with Crippen molar-refractivity contribution in [1.82, 2.24) is 5.32 Å². The lowest BCUT2D eigenvalue weighted by Gasteiger charge is -2.25. The highest BCUT2D eigenvalue weighted by molar-refractivity contribution is 5.80. The number of unbranched alkanes of at least 4 members (excludes halogenated alkanes) is 1. The van der Waals surface area contributed by atoms with Crippen LogP contribution in [0.25, 0.3) is 0 Å². The molecule has 20 heavy (non-hydrogen) atoms. The molecule has 0 saturated heterocycles. The molecule has 1 aromatic carbocycles. The van der Waals surface area contributed by atoms with Crippen LogP contribution in [0.2, 0.25) is 0 Å². The minimum atomic E-state index is -0.788. The summed E-state index contributed by atoms with van der Waals surface area (Å²) in [5.74, 6) is -0.795. The maximum atomic E-state index is 12.0. The van der Waals surface area contributed by atoms with Crippen LogP contribution in [-0.2, 0) is 16.0 Å². The van der Waals surface area contributed by atoms with E-state index in [1.807, 2.05) is 24.3 Å². The van der Waals surface area contributed by atoms with Crippen LogP contribution >= 0.6 is 0 Å². The minimum Gasteiger partial charge on any atom is -0.481 e. The number of carboxylic acid groups (broad SMARTS) is 1. The zero-order valence-electron chi connectivity index (χ0n) is 11.4. The SMILES string of the molecule is O=C(O)CCCCNC(=O)C1CNc2ccccc2C1. The lowest BCUT2D eigenvalue weighted by molar-refractivity contribution is -0.137. The fraction of sp³-hybridized carbons (Fsp3) is 0.467. The molecule has 0 spiro atoms. The van der Waals surface area contributed by atoms with Crippen LogP contribution in [0.15, 0.2) is 24.3 Å². The molecule has 0 aliphatic carbocycles. The molecule has 0 fully saturated rings. The Kier molecular flexibility index (Phi) is 4.98. The molecule has 108 valence electrons. The molecule has 3 N–H and O–H groups in total. The standard InChI is InChI=1S/C15H20N2O3/c18-14(19)7-3-4-8-16-15(20)12-9-11-5-1-2-6-13(11)17-10-12/h1-2,5-6,12,17H,3-4,7-10H2,(H,16,20)(H,18,19). The first-order chi connectivity index (χ1) is 9.66. The fourth-order valence-corrected chi connectivity index (χ4v) is 2.38. The highest BCUT2D eigenvalue weighted by atomic mass is 16.4. The first-order valence-corrected chi connectivity index (χ1v) is 6.98. The molecule has 5 heteroatoms. The zero-order chi connectivity index (χ0) is 14.4. The normalized spacial score (nSPS) is 16.9. The quantitative estimate of drug-likeness (QED) is 0.690. The van der Waals surface area contributed by atoms with E-state index in [0.717, 1.165) is 12.1 Å². The van der Waals surface area contributed by atoms with Gasteiger partial charge in [0.15, 0.2) is 0 Å². The van der Waals surface area contributed by atoms with E-state index in [1.165, 1.54) is 5.56 Å². The van der Waals surface area contributed by atoms with Crippen LogP contribution in [0.1, 0.15) is 24.8 Å². The van der Waals surface area contributed by atoms with Gasteiger partial charge in [-0.25, -0.2) is 0 Å².